The van der Waals surface area contributed by atoms with Crippen LogP contribution >= 0.6 is 0 Å². The van der Waals surface area contributed by atoms with E-state index in [4.69, 9.17) is 10.8 Å². The monoisotopic (exact) mass is 568 g/mol. The Morgan fingerprint density at radius 3 is 2.52 bits per heavy atom. The topological polar surface area (TPSA) is 112 Å². The van der Waals surface area contributed by atoms with Gasteiger partial charge >= 0.3 is 0 Å². The number of anilines is 1. The first kappa shape index (κ1) is 27.0. The number of hydrogen-bond donors (Lipinski definition) is 3. The van der Waals surface area contributed by atoms with Gasteiger partial charge in [0.25, 0.3) is 0 Å². The van der Waals surface area contributed by atoms with E-state index in [0.29, 0.717) is 23.8 Å². The molecule has 0 spiro atoms. The lowest BCUT2D eigenvalue weighted by molar-refractivity contribution is 0.0629. The molecule has 4 N–H and O–H groups in total. The molecular weight excluding hydrogens is 531 g/mol. The van der Waals surface area contributed by atoms with Crippen molar-refractivity contribution in [2.45, 2.75) is 44.2 Å². The molecule has 1 saturated carbocycles. The molecule has 0 bridgehead atoms. The van der Waals surface area contributed by atoms with Gasteiger partial charge in [-0.2, -0.15) is 5.10 Å². The van der Waals surface area contributed by atoms with E-state index in [9.17, 15) is 9.50 Å². The van der Waals surface area contributed by atoms with Gasteiger partial charge in [-0.25, -0.2) is 19.0 Å². The summed E-state index contributed by atoms with van der Waals surface area (Å²) in [6, 6.07) is 14.0. The van der Waals surface area contributed by atoms with Crippen molar-refractivity contribution in [1.82, 2.24) is 34.5 Å². The number of nitrogen functional groups attached to an aromatic ring is 1. The number of β-amino-alcohol motifs (C(OH)–C–C–N with tert-alkyl or cyclic N) is 1. The maximum atomic E-state index is 14.4. The summed E-state index contributed by atoms with van der Waals surface area (Å²) >= 11 is 0. The molecule has 0 atom stereocenters. The number of nitrogens with one attached hydrogen (secondary N) is 1. The normalized spacial score (nSPS) is 20.5. The van der Waals surface area contributed by atoms with Gasteiger partial charge in [-0.1, -0.05) is 24.3 Å². The minimum atomic E-state index is -0.198. The van der Waals surface area contributed by atoms with E-state index in [1.807, 2.05) is 24.4 Å². The molecule has 3 aromatic heterocycles. The molecule has 1 saturated heterocycles. The summed E-state index contributed by atoms with van der Waals surface area (Å²) in [7, 11) is 0. The van der Waals surface area contributed by atoms with Crippen molar-refractivity contribution < 1.29 is 9.50 Å². The van der Waals surface area contributed by atoms with Crippen LogP contribution in [-0.4, -0.2) is 85.0 Å². The molecule has 0 unspecified atom stereocenters. The van der Waals surface area contributed by atoms with Crippen LogP contribution in [0.3, 0.4) is 0 Å². The van der Waals surface area contributed by atoms with Crippen LogP contribution in [0.15, 0.2) is 55.0 Å². The number of rotatable bonds is 7. The number of piperazine rings is 1. The van der Waals surface area contributed by atoms with Gasteiger partial charge in [0.05, 0.1) is 18.0 Å². The maximum Gasteiger partial charge on any atom is 0.164 e. The first-order chi connectivity index (χ1) is 20.6. The Hall–Kier alpha value is -3.86. The third-order valence-corrected chi connectivity index (χ3v) is 9.25. The molecule has 42 heavy (non-hydrogen) atoms. The van der Waals surface area contributed by atoms with Crippen molar-refractivity contribution in [3.63, 3.8) is 0 Å². The van der Waals surface area contributed by atoms with Gasteiger partial charge in [0.2, 0.25) is 0 Å². The number of aromatic nitrogens is 5. The highest BCUT2D eigenvalue weighted by atomic mass is 19.1. The Morgan fingerprint density at radius 1 is 0.952 bits per heavy atom. The number of fused-ring (bicyclic) bond motifs is 2. The average molecular weight is 569 g/mol. The highest BCUT2D eigenvalue weighted by Gasteiger charge is 2.31. The molecule has 10 heteroatoms. The molecule has 7 rings (SSSR count). The first-order valence-corrected chi connectivity index (χ1v) is 15.0. The molecule has 5 aromatic rings. The molecule has 0 radical (unpaired) electrons. The number of nitrogens with zero attached hydrogens (tertiary/aromatic N) is 6. The van der Waals surface area contributed by atoms with Crippen molar-refractivity contribution in [3.8, 4) is 11.3 Å². The summed E-state index contributed by atoms with van der Waals surface area (Å²) in [6.45, 7) is 5.18. The van der Waals surface area contributed by atoms with Crippen LogP contribution in [0.25, 0.3) is 33.2 Å². The van der Waals surface area contributed by atoms with Gasteiger partial charge < -0.3 is 15.8 Å². The summed E-state index contributed by atoms with van der Waals surface area (Å²) in [5.41, 5.74) is 11.6. The molecule has 1 aliphatic carbocycles. The number of aromatic amines is 1. The van der Waals surface area contributed by atoms with Crippen LogP contribution in [0.5, 0.6) is 0 Å². The van der Waals surface area contributed by atoms with E-state index in [0.717, 1.165) is 97.2 Å². The van der Waals surface area contributed by atoms with Gasteiger partial charge in [-0.15, -0.1) is 0 Å². The molecule has 2 aliphatic rings. The molecular formula is C32H37FN8O. The van der Waals surface area contributed by atoms with Crippen molar-refractivity contribution in [2.75, 3.05) is 45.1 Å². The highest BCUT2D eigenvalue weighted by molar-refractivity contribution is 6.00. The number of H-pyrrole nitrogens is 1. The third kappa shape index (κ3) is 5.04. The lowest BCUT2D eigenvalue weighted by Crippen LogP contribution is -2.51. The molecule has 0 amide bonds. The molecule has 4 heterocycles. The van der Waals surface area contributed by atoms with E-state index in [1.165, 1.54) is 12.4 Å². The Balaban J connectivity index is 1.16. The predicted molar refractivity (Wildman–Crippen MR) is 163 cm³/mol. The van der Waals surface area contributed by atoms with Crippen LogP contribution in [0.1, 0.15) is 42.9 Å². The van der Waals surface area contributed by atoms with Crippen molar-refractivity contribution >= 4 is 27.8 Å². The second-order valence-corrected chi connectivity index (χ2v) is 11.7. The summed E-state index contributed by atoms with van der Waals surface area (Å²) in [5, 5.41) is 16.2. The zero-order valence-electron chi connectivity index (χ0n) is 23.7. The van der Waals surface area contributed by atoms with Gasteiger partial charge in [-0.3, -0.25) is 9.80 Å². The summed E-state index contributed by atoms with van der Waals surface area (Å²) < 4.78 is 16.5. The van der Waals surface area contributed by atoms with E-state index < -0.39 is 0 Å². The van der Waals surface area contributed by atoms with Crippen LogP contribution in [0, 0.1) is 5.82 Å². The lowest BCUT2D eigenvalue weighted by Gasteiger charge is -2.41. The van der Waals surface area contributed by atoms with Crippen LogP contribution in [0.2, 0.25) is 0 Å². The Kier molecular flexibility index (Phi) is 7.35. The molecule has 9 nitrogen and oxygen atoms in total. The van der Waals surface area contributed by atoms with Gasteiger partial charge in [-0.05, 0) is 55.0 Å². The van der Waals surface area contributed by atoms with Crippen molar-refractivity contribution in [1.29, 1.82) is 0 Å². The van der Waals surface area contributed by atoms with Gasteiger partial charge in [0.15, 0.2) is 5.65 Å². The Bertz CT molecular complexity index is 1700. The standard InChI is InChI=1S/C32H37FN8O/c33-27-4-2-1-3-21(27)17-23-19-35-28-10-5-22(18-26(23)28)30-29-31(34)36-20-37-32(29)41(38-30)25-8-6-24(7-9-25)40-13-11-39(12-14-40)15-16-42/h1-5,10,18-20,24-25,35,42H,6-9,11-17H2,(H2,34,36,37). The minimum Gasteiger partial charge on any atom is -0.395 e. The lowest BCUT2D eigenvalue weighted by atomic mass is 9.90. The summed E-state index contributed by atoms with van der Waals surface area (Å²) in [4.78, 5) is 17.3. The first-order valence-electron chi connectivity index (χ1n) is 15.0. The molecule has 2 aromatic carbocycles. The second kappa shape index (κ2) is 11.4. The fourth-order valence-corrected chi connectivity index (χ4v) is 6.93. The second-order valence-electron chi connectivity index (χ2n) is 11.7. The van der Waals surface area contributed by atoms with Crippen molar-refractivity contribution in [3.05, 3.63) is 71.9 Å². The summed E-state index contributed by atoms with van der Waals surface area (Å²) in [5.74, 6) is 0.229. The number of hydrogen-bond acceptors (Lipinski definition) is 7. The smallest absolute Gasteiger partial charge is 0.164 e. The zero-order valence-corrected chi connectivity index (χ0v) is 23.7. The Labute approximate surface area is 244 Å². The quantitative estimate of drug-likeness (QED) is 0.267. The number of nitrogens with two attached hydrogens (primary N) is 1. The third-order valence-electron chi connectivity index (χ3n) is 9.25. The minimum absolute atomic E-state index is 0.198. The van der Waals surface area contributed by atoms with E-state index >= 15 is 0 Å². The molecule has 1 aliphatic heterocycles. The average Bonchev–Trinajstić information content (AvgIpc) is 3.61. The van der Waals surface area contributed by atoms with E-state index in [-0.39, 0.29) is 18.5 Å². The van der Waals surface area contributed by atoms with Crippen LogP contribution in [-0.2, 0) is 6.42 Å². The zero-order chi connectivity index (χ0) is 28.6. The predicted octanol–water partition coefficient (Wildman–Crippen LogP) is 4.38. The SMILES string of the molecule is Nc1ncnc2c1c(-c1ccc3[nH]cc(Cc4ccccc4F)c3c1)nn2C1CCC(N2CCN(CCO)CC2)CC1. The fraction of sp³-hybridized carbons (Fsp3) is 0.406. The Morgan fingerprint density at radius 2 is 1.74 bits per heavy atom. The highest BCUT2D eigenvalue weighted by Crippen LogP contribution is 2.38. The fourth-order valence-electron chi connectivity index (χ4n) is 6.93. The van der Waals surface area contributed by atoms with Crippen molar-refractivity contribution in [2.24, 2.45) is 0 Å². The molecule has 218 valence electrons. The van der Waals surface area contributed by atoms with Gasteiger partial charge in [0, 0.05) is 67.8 Å². The number of halogens is 1. The maximum absolute atomic E-state index is 14.4. The van der Waals surface area contributed by atoms with Gasteiger partial charge in [0.1, 0.15) is 23.7 Å². The van der Waals surface area contributed by atoms with E-state index in [1.54, 1.807) is 6.07 Å². The number of aliphatic hydroxyl groups excluding tert-OH is 1. The molecule has 2 fully saturated rings. The van der Waals surface area contributed by atoms with E-state index in [2.05, 4.69) is 41.6 Å². The van der Waals surface area contributed by atoms with Crippen LogP contribution < -0.4 is 5.73 Å². The number of benzene rings is 2. The largest absolute Gasteiger partial charge is 0.395 e. The van der Waals surface area contributed by atoms with Crippen LogP contribution in [0.4, 0.5) is 10.2 Å². The summed E-state index contributed by atoms with van der Waals surface area (Å²) in [6.07, 6.45) is 8.29. The number of aliphatic hydroxyl groups is 1.